The van der Waals surface area contributed by atoms with E-state index in [1.807, 2.05) is 13.0 Å². The predicted octanol–water partition coefficient (Wildman–Crippen LogP) is 1.39. The Balaban J connectivity index is 2.95. The van der Waals surface area contributed by atoms with Crippen LogP contribution in [0.25, 0.3) is 0 Å². The Morgan fingerprint density at radius 2 is 2.14 bits per heavy atom. The van der Waals surface area contributed by atoms with E-state index in [1.54, 1.807) is 17.7 Å². The second kappa shape index (κ2) is 4.42. The summed E-state index contributed by atoms with van der Waals surface area (Å²) in [5.74, 6) is 0. The molecule has 0 N–H and O–H groups in total. The first-order chi connectivity index (χ1) is 6.52. The van der Waals surface area contributed by atoms with E-state index in [-0.39, 0.29) is 12.0 Å². The average molecular weight is 214 g/mol. The molecular formula is C10H12ClNO2. The van der Waals surface area contributed by atoms with E-state index in [4.69, 9.17) is 11.6 Å². The first-order valence-electron chi connectivity index (χ1n) is 4.36. The van der Waals surface area contributed by atoms with Gasteiger partial charge in [-0.05, 0) is 31.0 Å². The van der Waals surface area contributed by atoms with Crippen molar-refractivity contribution >= 4 is 16.8 Å². The van der Waals surface area contributed by atoms with E-state index in [9.17, 15) is 9.59 Å². The maximum Gasteiger partial charge on any atom is 0.253 e. The van der Waals surface area contributed by atoms with Crippen molar-refractivity contribution in [3.05, 3.63) is 33.7 Å². The van der Waals surface area contributed by atoms with Crippen LogP contribution in [-0.4, -0.2) is 9.81 Å². The van der Waals surface area contributed by atoms with E-state index >= 15 is 0 Å². The Hall–Kier alpha value is -1.09. The second-order valence-electron chi connectivity index (χ2n) is 3.22. The Labute approximate surface area is 87.3 Å². The average Bonchev–Trinajstić information content (AvgIpc) is 2.13. The monoisotopic (exact) mass is 213 g/mol. The van der Waals surface area contributed by atoms with Gasteiger partial charge in [-0.3, -0.25) is 9.59 Å². The molecule has 0 saturated heterocycles. The highest BCUT2D eigenvalue weighted by Crippen LogP contribution is 2.01. The molecule has 0 atom stereocenters. The zero-order chi connectivity index (χ0) is 10.7. The molecule has 0 amide bonds. The van der Waals surface area contributed by atoms with Crippen LogP contribution in [0.2, 0.25) is 0 Å². The molecular weight excluding hydrogens is 202 g/mol. The summed E-state index contributed by atoms with van der Waals surface area (Å²) in [6, 6.07) is 3.60. The largest absolute Gasteiger partial charge is 0.316 e. The van der Waals surface area contributed by atoms with Crippen LogP contribution in [0.1, 0.15) is 17.7 Å². The molecule has 0 saturated carbocycles. The van der Waals surface area contributed by atoms with E-state index < -0.39 is 5.24 Å². The summed E-state index contributed by atoms with van der Waals surface area (Å²) in [6.45, 7) is 1.86. The molecule has 0 aromatic carbocycles. The van der Waals surface area contributed by atoms with Gasteiger partial charge >= 0.3 is 0 Å². The van der Waals surface area contributed by atoms with Crippen molar-refractivity contribution in [2.24, 2.45) is 7.05 Å². The Kier molecular flexibility index (Phi) is 3.47. The highest BCUT2D eigenvalue weighted by atomic mass is 35.5. The van der Waals surface area contributed by atoms with Crippen molar-refractivity contribution in [3.63, 3.8) is 0 Å². The lowest BCUT2D eigenvalue weighted by atomic mass is 10.1. The standard InChI is InChI=1S/C10H12ClNO2/c1-7-3-4-8(5-6-9(11)13)10(14)12(7)2/h3-4H,5-6H2,1-2H3. The summed E-state index contributed by atoms with van der Waals surface area (Å²) in [5.41, 5.74) is 1.48. The van der Waals surface area contributed by atoms with Crippen LogP contribution in [-0.2, 0) is 18.3 Å². The predicted molar refractivity (Wildman–Crippen MR) is 55.6 cm³/mol. The molecule has 4 heteroatoms. The lowest BCUT2D eigenvalue weighted by Gasteiger charge is -2.05. The highest BCUT2D eigenvalue weighted by molar-refractivity contribution is 6.63. The minimum atomic E-state index is -0.410. The number of hydrogen-bond donors (Lipinski definition) is 0. The fourth-order valence-corrected chi connectivity index (χ4v) is 1.30. The molecule has 76 valence electrons. The van der Waals surface area contributed by atoms with Gasteiger partial charge in [0.05, 0.1) is 0 Å². The Morgan fingerprint density at radius 1 is 1.50 bits per heavy atom. The van der Waals surface area contributed by atoms with Crippen LogP contribution in [0.5, 0.6) is 0 Å². The van der Waals surface area contributed by atoms with Crippen molar-refractivity contribution in [3.8, 4) is 0 Å². The van der Waals surface area contributed by atoms with Gasteiger partial charge < -0.3 is 4.57 Å². The van der Waals surface area contributed by atoms with Crippen LogP contribution in [0.3, 0.4) is 0 Å². The van der Waals surface area contributed by atoms with E-state index in [1.165, 1.54) is 0 Å². The van der Waals surface area contributed by atoms with Crippen molar-refractivity contribution < 1.29 is 4.79 Å². The lowest BCUT2D eigenvalue weighted by Crippen LogP contribution is -2.22. The maximum atomic E-state index is 11.6. The van der Waals surface area contributed by atoms with Gasteiger partial charge in [0.25, 0.3) is 5.56 Å². The van der Waals surface area contributed by atoms with Crippen LogP contribution >= 0.6 is 11.6 Å². The van der Waals surface area contributed by atoms with Gasteiger partial charge in [0.15, 0.2) is 0 Å². The van der Waals surface area contributed by atoms with Gasteiger partial charge in [-0.25, -0.2) is 0 Å². The molecule has 0 aliphatic heterocycles. The quantitative estimate of drug-likeness (QED) is 0.712. The Morgan fingerprint density at radius 3 is 2.71 bits per heavy atom. The third kappa shape index (κ3) is 2.45. The summed E-state index contributed by atoms with van der Waals surface area (Å²) in [4.78, 5) is 22.1. The number of rotatable bonds is 3. The van der Waals surface area contributed by atoms with Gasteiger partial charge in [0.2, 0.25) is 5.24 Å². The molecule has 3 nitrogen and oxygen atoms in total. The molecule has 0 aliphatic carbocycles. The highest BCUT2D eigenvalue weighted by Gasteiger charge is 2.04. The molecule has 0 radical (unpaired) electrons. The summed E-state index contributed by atoms with van der Waals surface area (Å²) >= 11 is 5.20. The Bertz CT molecular complexity index is 409. The maximum absolute atomic E-state index is 11.6. The molecule has 1 rings (SSSR count). The third-order valence-corrected chi connectivity index (χ3v) is 2.41. The zero-order valence-corrected chi connectivity index (χ0v) is 8.97. The summed E-state index contributed by atoms with van der Waals surface area (Å²) in [7, 11) is 1.71. The lowest BCUT2D eigenvalue weighted by molar-refractivity contribution is -0.111. The minimum absolute atomic E-state index is 0.0529. The molecule has 0 spiro atoms. The van der Waals surface area contributed by atoms with Gasteiger partial charge in [-0.2, -0.15) is 0 Å². The van der Waals surface area contributed by atoms with Crippen molar-refractivity contribution in [1.29, 1.82) is 0 Å². The first kappa shape index (κ1) is 11.0. The van der Waals surface area contributed by atoms with Crippen LogP contribution < -0.4 is 5.56 Å². The molecule has 1 aromatic rings. The van der Waals surface area contributed by atoms with Crippen LogP contribution in [0.15, 0.2) is 16.9 Å². The van der Waals surface area contributed by atoms with E-state index in [0.717, 1.165) is 5.69 Å². The molecule has 0 bridgehead atoms. The van der Waals surface area contributed by atoms with Crippen molar-refractivity contribution in [2.75, 3.05) is 0 Å². The second-order valence-corrected chi connectivity index (χ2v) is 3.64. The topological polar surface area (TPSA) is 39.1 Å². The fraction of sp³-hybridized carbons (Fsp3) is 0.400. The number of aromatic nitrogens is 1. The number of pyridine rings is 1. The number of carbonyl (C=O) groups is 1. The first-order valence-corrected chi connectivity index (χ1v) is 4.74. The SMILES string of the molecule is Cc1ccc(CCC(=O)Cl)c(=O)n1C. The van der Waals surface area contributed by atoms with E-state index in [2.05, 4.69) is 0 Å². The molecule has 1 aromatic heterocycles. The molecule has 0 aliphatic rings. The summed E-state index contributed by atoms with van der Waals surface area (Å²) < 4.78 is 1.56. The number of carbonyl (C=O) groups excluding carboxylic acids is 1. The van der Waals surface area contributed by atoms with Crippen LogP contribution in [0, 0.1) is 6.92 Å². The van der Waals surface area contributed by atoms with Crippen molar-refractivity contribution in [1.82, 2.24) is 4.57 Å². The van der Waals surface area contributed by atoms with Gasteiger partial charge in [-0.1, -0.05) is 6.07 Å². The van der Waals surface area contributed by atoms with Gasteiger partial charge in [0, 0.05) is 24.7 Å². The molecule has 0 unspecified atom stereocenters. The molecule has 14 heavy (non-hydrogen) atoms. The zero-order valence-electron chi connectivity index (χ0n) is 8.21. The number of aryl methyl sites for hydroxylation is 2. The van der Waals surface area contributed by atoms with Crippen molar-refractivity contribution in [2.45, 2.75) is 19.8 Å². The smallest absolute Gasteiger partial charge is 0.253 e. The minimum Gasteiger partial charge on any atom is -0.316 e. The summed E-state index contributed by atoms with van der Waals surface area (Å²) in [6.07, 6.45) is 0.620. The normalized spacial score (nSPS) is 10.2. The molecule has 1 heterocycles. The van der Waals surface area contributed by atoms with E-state index in [0.29, 0.717) is 12.0 Å². The van der Waals surface area contributed by atoms with Crippen LogP contribution in [0.4, 0.5) is 0 Å². The molecule has 0 fully saturated rings. The number of nitrogens with zero attached hydrogens (tertiary/aromatic N) is 1. The van der Waals surface area contributed by atoms with Gasteiger partial charge in [0.1, 0.15) is 0 Å². The van der Waals surface area contributed by atoms with Gasteiger partial charge in [-0.15, -0.1) is 0 Å². The third-order valence-electron chi connectivity index (χ3n) is 2.23. The number of hydrogen-bond acceptors (Lipinski definition) is 2. The number of halogens is 1. The summed E-state index contributed by atoms with van der Waals surface area (Å²) in [5, 5.41) is -0.410. The fourth-order valence-electron chi connectivity index (χ4n) is 1.20.